The molecule has 3 nitrogen and oxygen atoms in total. The largest absolute Gasteiger partial charge is 0.339 e. The summed E-state index contributed by atoms with van der Waals surface area (Å²) in [5.41, 5.74) is 0. The van der Waals surface area contributed by atoms with Crippen LogP contribution in [0, 0.1) is 11.8 Å². The third-order valence-electron chi connectivity index (χ3n) is 3.31. The maximum absolute atomic E-state index is 11.4. The molecule has 0 aromatic rings. The van der Waals surface area contributed by atoms with E-state index in [9.17, 15) is 9.59 Å². The summed E-state index contributed by atoms with van der Waals surface area (Å²) in [5, 5.41) is 0. The zero-order valence-corrected chi connectivity index (χ0v) is 9.95. The fourth-order valence-electron chi connectivity index (χ4n) is 1.79. The standard InChI is InChI=1S/C12H21NO2/c1-4-13(3)12(15)11(14)7-5-6-10-8-9(10)2/h9-10H,4-8H2,1-3H3. The molecule has 0 aromatic carbocycles. The summed E-state index contributed by atoms with van der Waals surface area (Å²) >= 11 is 0. The number of carbonyl (C=O) groups excluding carboxylic acids is 2. The summed E-state index contributed by atoms with van der Waals surface area (Å²) in [4.78, 5) is 24.3. The highest BCUT2D eigenvalue weighted by atomic mass is 16.2. The zero-order valence-electron chi connectivity index (χ0n) is 9.95. The van der Waals surface area contributed by atoms with E-state index in [4.69, 9.17) is 0 Å². The summed E-state index contributed by atoms with van der Waals surface area (Å²) in [6.45, 7) is 4.71. The topological polar surface area (TPSA) is 37.4 Å². The summed E-state index contributed by atoms with van der Waals surface area (Å²) in [6, 6.07) is 0. The van der Waals surface area contributed by atoms with E-state index in [0.29, 0.717) is 13.0 Å². The van der Waals surface area contributed by atoms with Crippen LogP contribution in [0.4, 0.5) is 0 Å². The molecule has 86 valence electrons. The number of amides is 1. The van der Waals surface area contributed by atoms with Gasteiger partial charge in [0.25, 0.3) is 5.91 Å². The lowest BCUT2D eigenvalue weighted by atomic mass is 10.1. The van der Waals surface area contributed by atoms with Gasteiger partial charge in [-0.15, -0.1) is 0 Å². The zero-order chi connectivity index (χ0) is 11.4. The van der Waals surface area contributed by atoms with Crippen LogP contribution in [0.5, 0.6) is 0 Å². The van der Waals surface area contributed by atoms with Gasteiger partial charge in [-0.2, -0.15) is 0 Å². The molecular formula is C12H21NO2. The second-order valence-corrected chi connectivity index (χ2v) is 4.61. The first-order chi connectivity index (χ1) is 7.06. The van der Waals surface area contributed by atoms with Crippen molar-refractivity contribution in [3.8, 4) is 0 Å². The van der Waals surface area contributed by atoms with Crippen LogP contribution < -0.4 is 0 Å². The van der Waals surface area contributed by atoms with Crippen molar-refractivity contribution in [2.24, 2.45) is 11.8 Å². The van der Waals surface area contributed by atoms with Crippen LogP contribution in [0.15, 0.2) is 0 Å². The van der Waals surface area contributed by atoms with E-state index >= 15 is 0 Å². The highest BCUT2D eigenvalue weighted by molar-refractivity contribution is 6.35. The number of nitrogens with zero attached hydrogens (tertiary/aromatic N) is 1. The van der Waals surface area contributed by atoms with Crippen LogP contribution in [0.3, 0.4) is 0 Å². The van der Waals surface area contributed by atoms with Gasteiger partial charge in [0, 0.05) is 20.0 Å². The molecule has 0 saturated heterocycles. The van der Waals surface area contributed by atoms with Crippen molar-refractivity contribution in [1.82, 2.24) is 4.90 Å². The van der Waals surface area contributed by atoms with Gasteiger partial charge in [0.15, 0.2) is 0 Å². The first kappa shape index (κ1) is 12.2. The van der Waals surface area contributed by atoms with Crippen LogP contribution in [-0.2, 0) is 9.59 Å². The Morgan fingerprint density at radius 1 is 1.40 bits per heavy atom. The number of rotatable bonds is 6. The SMILES string of the molecule is CCN(C)C(=O)C(=O)CCCC1CC1C. The van der Waals surface area contributed by atoms with E-state index in [1.807, 2.05) is 6.92 Å². The second-order valence-electron chi connectivity index (χ2n) is 4.61. The number of hydrogen-bond acceptors (Lipinski definition) is 2. The quantitative estimate of drug-likeness (QED) is 0.629. The maximum Gasteiger partial charge on any atom is 0.289 e. The van der Waals surface area contributed by atoms with Gasteiger partial charge in [-0.25, -0.2) is 0 Å². The number of hydrogen-bond donors (Lipinski definition) is 0. The minimum Gasteiger partial charge on any atom is -0.339 e. The van der Waals surface area contributed by atoms with Crippen LogP contribution in [0.1, 0.15) is 39.5 Å². The Bertz CT molecular complexity index is 250. The van der Waals surface area contributed by atoms with Crippen molar-refractivity contribution < 1.29 is 9.59 Å². The molecule has 2 unspecified atom stereocenters. The molecule has 0 aromatic heterocycles. The molecule has 2 atom stereocenters. The number of Topliss-reactive ketones (excluding diaryl/α,β-unsaturated/α-hetero) is 1. The van der Waals surface area contributed by atoms with Gasteiger partial charge in [0.05, 0.1) is 0 Å². The van der Waals surface area contributed by atoms with Crippen molar-refractivity contribution >= 4 is 11.7 Å². The summed E-state index contributed by atoms with van der Waals surface area (Å²) in [6.07, 6.45) is 3.70. The number of carbonyl (C=O) groups is 2. The van der Waals surface area contributed by atoms with E-state index < -0.39 is 0 Å². The van der Waals surface area contributed by atoms with E-state index in [2.05, 4.69) is 6.92 Å². The lowest BCUT2D eigenvalue weighted by molar-refractivity contribution is -0.143. The van der Waals surface area contributed by atoms with Gasteiger partial charge in [0.1, 0.15) is 0 Å². The first-order valence-corrected chi connectivity index (χ1v) is 5.84. The minimum absolute atomic E-state index is 0.229. The van der Waals surface area contributed by atoms with E-state index in [1.54, 1.807) is 7.05 Å². The Morgan fingerprint density at radius 3 is 2.47 bits per heavy atom. The molecule has 0 heterocycles. The van der Waals surface area contributed by atoms with Gasteiger partial charge >= 0.3 is 0 Å². The van der Waals surface area contributed by atoms with Gasteiger partial charge in [-0.1, -0.05) is 6.92 Å². The third-order valence-corrected chi connectivity index (χ3v) is 3.31. The molecule has 3 heteroatoms. The second kappa shape index (κ2) is 5.29. The Morgan fingerprint density at radius 2 is 2.00 bits per heavy atom. The maximum atomic E-state index is 11.4. The number of likely N-dealkylation sites (N-methyl/N-ethyl adjacent to an activating group) is 1. The van der Waals surface area contributed by atoms with Gasteiger partial charge in [0.2, 0.25) is 5.78 Å². The fourth-order valence-corrected chi connectivity index (χ4v) is 1.79. The third kappa shape index (κ3) is 3.65. The summed E-state index contributed by atoms with van der Waals surface area (Å²) < 4.78 is 0. The molecule has 1 rings (SSSR count). The molecule has 15 heavy (non-hydrogen) atoms. The molecule has 1 fully saturated rings. The van der Waals surface area contributed by atoms with Crippen LogP contribution in [0.25, 0.3) is 0 Å². The van der Waals surface area contributed by atoms with Crippen LogP contribution >= 0.6 is 0 Å². The molecule has 1 amide bonds. The molecular weight excluding hydrogens is 190 g/mol. The van der Waals surface area contributed by atoms with Gasteiger partial charge < -0.3 is 4.90 Å². The Labute approximate surface area is 91.8 Å². The van der Waals surface area contributed by atoms with Crippen LogP contribution in [-0.4, -0.2) is 30.2 Å². The van der Waals surface area contributed by atoms with Gasteiger partial charge in [-0.05, 0) is 38.0 Å². The van der Waals surface area contributed by atoms with Crippen molar-refractivity contribution in [2.45, 2.75) is 39.5 Å². The molecule has 0 aliphatic heterocycles. The molecule has 0 radical (unpaired) electrons. The van der Waals surface area contributed by atoms with E-state index in [-0.39, 0.29) is 11.7 Å². The lowest BCUT2D eigenvalue weighted by Crippen LogP contribution is -2.32. The average Bonchev–Trinajstić information content (AvgIpc) is 2.92. The predicted octanol–water partition coefficient (Wildman–Crippen LogP) is 1.86. The fraction of sp³-hybridized carbons (Fsp3) is 0.833. The molecule has 1 aliphatic rings. The Kier molecular flexibility index (Phi) is 4.30. The van der Waals surface area contributed by atoms with Crippen molar-refractivity contribution in [2.75, 3.05) is 13.6 Å². The van der Waals surface area contributed by atoms with Crippen LogP contribution in [0.2, 0.25) is 0 Å². The highest BCUT2D eigenvalue weighted by Gasteiger charge is 2.31. The monoisotopic (exact) mass is 211 g/mol. The molecule has 0 N–H and O–H groups in total. The molecule has 1 aliphatic carbocycles. The van der Waals surface area contributed by atoms with E-state index in [1.165, 1.54) is 11.3 Å². The summed E-state index contributed by atoms with van der Waals surface area (Å²) in [7, 11) is 1.67. The molecule has 0 spiro atoms. The van der Waals surface area contributed by atoms with E-state index in [0.717, 1.165) is 24.7 Å². The minimum atomic E-state index is -0.332. The molecule has 1 saturated carbocycles. The Hall–Kier alpha value is -0.860. The molecule has 0 bridgehead atoms. The number of ketones is 1. The highest BCUT2D eigenvalue weighted by Crippen LogP contribution is 2.41. The average molecular weight is 211 g/mol. The predicted molar refractivity (Wildman–Crippen MR) is 59.4 cm³/mol. The first-order valence-electron chi connectivity index (χ1n) is 5.84. The summed E-state index contributed by atoms with van der Waals surface area (Å²) in [5.74, 6) is 1.10. The Balaban J connectivity index is 2.15. The lowest BCUT2D eigenvalue weighted by Gasteiger charge is -2.12. The van der Waals surface area contributed by atoms with Crippen molar-refractivity contribution in [1.29, 1.82) is 0 Å². The van der Waals surface area contributed by atoms with Crippen molar-refractivity contribution in [3.05, 3.63) is 0 Å². The normalized spacial score (nSPS) is 23.7. The smallest absolute Gasteiger partial charge is 0.289 e. The van der Waals surface area contributed by atoms with Gasteiger partial charge in [-0.3, -0.25) is 9.59 Å². The van der Waals surface area contributed by atoms with Crippen molar-refractivity contribution in [3.63, 3.8) is 0 Å².